The number of thioether (sulfide) groups is 1. The van der Waals surface area contributed by atoms with Gasteiger partial charge in [-0.2, -0.15) is 0 Å². The Bertz CT molecular complexity index is 419. The van der Waals surface area contributed by atoms with E-state index in [2.05, 4.69) is 4.74 Å². The van der Waals surface area contributed by atoms with Gasteiger partial charge in [0, 0.05) is 10.6 Å². The van der Waals surface area contributed by atoms with Crippen molar-refractivity contribution in [2.75, 3.05) is 12.9 Å². The minimum absolute atomic E-state index is 0.196. The summed E-state index contributed by atoms with van der Waals surface area (Å²) in [7, 11) is 1.30. The average Bonchev–Trinajstić information content (AvgIpc) is 2.29. The Labute approximate surface area is 103 Å². The number of esters is 1. The molecule has 1 aromatic carbocycles. The summed E-state index contributed by atoms with van der Waals surface area (Å²) in [6.45, 7) is 3.39. The fourth-order valence-corrected chi connectivity index (χ4v) is 2.22. The molecule has 1 rings (SSSR count). The van der Waals surface area contributed by atoms with Crippen molar-refractivity contribution in [2.24, 2.45) is 5.41 Å². The molecule has 0 unspecified atom stereocenters. The van der Waals surface area contributed by atoms with Crippen molar-refractivity contribution >= 4 is 17.7 Å². The molecule has 0 aliphatic rings. The lowest BCUT2D eigenvalue weighted by Crippen LogP contribution is -2.28. The molecule has 0 N–H and O–H groups in total. The second kappa shape index (κ2) is 5.49. The van der Waals surface area contributed by atoms with Crippen molar-refractivity contribution in [3.8, 4) is 0 Å². The van der Waals surface area contributed by atoms with Gasteiger partial charge in [-0.25, -0.2) is 8.78 Å². The molecule has 0 atom stereocenters. The molecule has 0 aromatic heterocycles. The van der Waals surface area contributed by atoms with Gasteiger partial charge in [-0.1, -0.05) is 0 Å². The van der Waals surface area contributed by atoms with Gasteiger partial charge in [0.1, 0.15) is 11.6 Å². The Morgan fingerprint density at radius 2 is 2.06 bits per heavy atom. The van der Waals surface area contributed by atoms with E-state index >= 15 is 0 Å². The molecule has 1 aromatic rings. The molecule has 0 radical (unpaired) electrons. The van der Waals surface area contributed by atoms with Gasteiger partial charge in [0.15, 0.2) is 0 Å². The van der Waals surface area contributed by atoms with E-state index in [4.69, 9.17) is 0 Å². The average molecular weight is 260 g/mol. The summed E-state index contributed by atoms with van der Waals surface area (Å²) < 4.78 is 30.9. The Balaban J connectivity index is 2.73. The smallest absolute Gasteiger partial charge is 0.312 e. The standard InChI is InChI=1S/C12H14F2O2S/c1-12(2,11(15)16-3)7-17-10-6-8(13)4-5-9(10)14/h4-6H,7H2,1-3H3. The number of hydrogen-bond donors (Lipinski definition) is 0. The fraction of sp³-hybridized carbons (Fsp3) is 0.417. The van der Waals surface area contributed by atoms with E-state index in [0.29, 0.717) is 5.75 Å². The van der Waals surface area contributed by atoms with E-state index in [0.717, 1.165) is 30.0 Å². The number of hydrogen-bond acceptors (Lipinski definition) is 3. The van der Waals surface area contributed by atoms with Crippen LogP contribution in [0, 0.1) is 17.0 Å². The predicted molar refractivity (Wildman–Crippen MR) is 62.9 cm³/mol. The molecule has 0 bridgehead atoms. The largest absolute Gasteiger partial charge is 0.469 e. The first-order valence-electron chi connectivity index (χ1n) is 5.03. The maximum Gasteiger partial charge on any atom is 0.312 e. The Kier molecular flexibility index (Phi) is 4.51. The summed E-state index contributed by atoms with van der Waals surface area (Å²) >= 11 is 1.10. The zero-order chi connectivity index (χ0) is 13.1. The van der Waals surface area contributed by atoms with Crippen molar-refractivity contribution in [1.82, 2.24) is 0 Å². The second-order valence-electron chi connectivity index (χ2n) is 4.24. The van der Waals surface area contributed by atoms with Crippen LogP contribution in [0.3, 0.4) is 0 Å². The SMILES string of the molecule is COC(=O)C(C)(C)CSc1cc(F)ccc1F. The van der Waals surface area contributed by atoms with Crippen LogP contribution in [0.2, 0.25) is 0 Å². The molecule has 0 saturated carbocycles. The maximum atomic E-state index is 13.3. The van der Waals surface area contributed by atoms with E-state index in [9.17, 15) is 13.6 Å². The van der Waals surface area contributed by atoms with Crippen LogP contribution < -0.4 is 0 Å². The lowest BCUT2D eigenvalue weighted by atomic mass is 9.97. The zero-order valence-corrected chi connectivity index (χ0v) is 10.7. The van der Waals surface area contributed by atoms with E-state index in [1.165, 1.54) is 7.11 Å². The summed E-state index contributed by atoms with van der Waals surface area (Å²) in [5, 5.41) is 0. The van der Waals surface area contributed by atoms with E-state index in [1.54, 1.807) is 13.8 Å². The molecule has 0 heterocycles. The highest BCUT2D eigenvalue weighted by molar-refractivity contribution is 7.99. The van der Waals surface area contributed by atoms with Gasteiger partial charge in [0.25, 0.3) is 0 Å². The van der Waals surface area contributed by atoms with Crippen LogP contribution in [0.15, 0.2) is 23.1 Å². The molecule has 0 aliphatic heterocycles. The quantitative estimate of drug-likeness (QED) is 0.614. The summed E-state index contributed by atoms with van der Waals surface area (Å²) in [5.41, 5.74) is -0.738. The van der Waals surface area contributed by atoms with Crippen molar-refractivity contribution in [1.29, 1.82) is 0 Å². The van der Waals surface area contributed by atoms with Gasteiger partial charge in [-0.05, 0) is 32.0 Å². The van der Waals surface area contributed by atoms with Crippen LogP contribution in [0.5, 0.6) is 0 Å². The normalized spacial score (nSPS) is 11.4. The monoisotopic (exact) mass is 260 g/mol. The summed E-state index contributed by atoms with van der Waals surface area (Å²) in [6.07, 6.45) is 0. The van der Waals surface area contributed by atoms with Crippen LogP contribution in [0.4, 0.5) is 8.78 Å². The molecule has 94 valence electrons. The molecule has 5 heteroatoms. The number of methoxy groups -OCH3 is 1. The molecule has 2 nitrogen and oxygen atoms in total. The Morgan fingerprint density at radius 1 is 1.41 bits per heavy atom. The van der Waals surface area contributed by atoms with Gasteiger partial charge in [0.05, 0.1) is 12.5 Å². The molecule has 0 spiro atoms. The Morgan fingerprint density at radius 3 is 2.65 bits per heavy atom. The lowest BCUT2D eigenvalue weighted by molar-refractivity contribution is -0.149. The number of ether oxygens (including phenoxy) is 1. The summed E-state index contributed by atoms with van der Waals surface area (Å²) in [6, 6.07) is 3.25. The summed E-state index contributed by atoms with van der Waals surface area (Å²) in [4.78, 5) is 11.6. The van der Waals surface area contributed by atoms with Crippen molar-refractivity contribution in [2.45, 2.75) is 18.7 Å². The van der Waals surface area contributed by atoms with E-state index in [1.807, 2.05) is 0 Å². The third-order valence-electron chi connectivity index (χ3n) is 2.22. The third kappa shape index (κ3) is 3.70. The van der Waals surface area contributed by atoms with E-state index < -0.39 is 17.0 Å². The Hall–Kier alpha value is -1.10. The lowest BCUT2D eigenvalue weighted by Gasteiger charge is -2.20. The van der Waals surface area contributed by atoms with Gasteiger partial charge in [-0.3, -0.25) is 4.79 Å². The molecule has 0 amide bonds. The van der Waals surface area contributed by atoms with Gasteiger partial charge in [-0.15, -0.1) is 11.8 Å². The topological polar surface area (TPSA) is 26.3 Å². The van der Waals surface area contributed by atoms with Crippen molar-refractivity contribution in [3.05, 3.63) is 29.8 Å². The first-order chi connectivity index (χ1) is 7.86. The third-order valence-corrected chi connectivity index (χ3v) is 3.71. The van der Waals surface area contributed by atoms with Crippen LogP contribution in [0.25, 0.3) is 0 Å². The van der Waals surface area contributed by atoms with Crippen molar-refractivity contribution in [3.63, 3.8) is 0 Å². The number of carbonyl (C=O) groups excluding carboxylic acids is 1. The molecule has 17 heavy (non-hydrogen) atoms. The van der Waals surface area contributed by atoms with E-state index in [-0.39, 0.29) is 10.9 Å². The highest BCUT2D eigenvalue weighted by Crippen LogP contribution is 2.30. The van der Waals surface area contributed by atoms with Crippen LogP contribution in [0.1, 0.15) is 13.8 Å². The first-order valence-corrected chi connectivity index (χ1v) is 6.01. The second-order valence-corrected chi connectivity index (χ2v) is 5.26. The van der Waals surface area contributed by atoms with Crippen LogP contribution >= 0.6 is 11.8 Å². The minimum Gasteiger partial charge on any atom is -0.469 e. The molecule has 0 aliphatic carbocycles. The number of carbonyl (C=O) groups is 1. The minimum atomic E-state index is -0.738. The van der Waals surface area contributed by atoms with Crippen LogP contribution in [-0.4, -0.2) is 18.8 Å². The number of halogens is 2. The highest BCUT2D eigenvalue weighted by atomic mass is 32.2. The highest BCUT2D eigenvalue weighted by Gasteiger charge is 2.29. The fourth-order valence-electron chi connectivity index (χ4n) is 1.18. The number of rotatable bonds is 4. The van der Waals surface area contributed by atoms with Crippen LogP contribution in [-0.2, 0) is 9.53 Å². The van der Waals surface area contributed by atoms with Gasteiger partial charge in [0.2, 0.25) is 0 Å². The first kappa shape index (κ1) is 14.0. The molecular formula is C12H14F2O2S. The summed E-state index contributed by atoms with van der Waals surface area (Å²) in [5.74, 6) is -1.04. The molecular weight excluding hydrogens is 246 g/mol. The van der Waals surface area contributed by atoms with Crippen molar-refractivity contribution < 1.29 is 18.3 Å². The zero-order valence-electron chi connectivity index (χ0n) is 9.92. The van der Waals surface area contributed by atoms with Gasteiger partial charge < -0.3 is 4.74 Å². The predicted octanol–water partition coefficient (Wildman–Crippen LogP) is 3.26. The molecule has 0 saturated heterocycles. The molecule has 0 fully saturated rings. The number of benzene rings is 1. The maximum absolute atomic E-state index is 13.3. The van der Waals surface area contributed by atoms with Gasteiger partial charge >= 0.3 is 5.97 Å².